The number of nitrogens with one attached hydrogen (secondary N) is 2. The molecule has 1 amide bonds. The highest BCUT2D eigenvalue weighted by Crippen LogP contribution is 2.48. The number of nitrogens with two attached hydrogens (primary N) is 1. The summed E-state index contributed by atoms with van der Waals surface area (Å²) in [6.45, 7) is 4.42. The fourth-order valence-corrected chi connectivity index (χ4v) is 7.26. The third kappa shape index (κ3) is 5.11. The third-order valence-corrected chi connectivity index (χ3v) is 9.70. The van der Waals surface area contributed by atoms with Gasteiger partial charge in [-0.1, -0.05) is 30.3 Å². The Morgan fingerprint density at radius 1 is 1.00 bits per heavy atom. The number of pyridine rings is 1. The van der Waals surface area contributed by atoms with Crippen LogP contribution in [0.3, 0.4) is 0 Å². The highest BCUT2D eigenvalue weighted by molar-refractivity contribution is 5.95. The summed E-state index contributed by atoms with van der Waals surface area (Å²) in [5.74, 6) is 2.66. The van der Waals surface area contributed by atoms with Crippen molar-refractivity contribution in [2.75, 3.05) is 44.3 Å². The molecule has 4 heterocycles. The smallest absolute Gasteiger partial charge is 0.228 e. The van der Waals surface area contributed by atoms with Crippen LogP contribution in [-0.4, -0.2) is 58.8 Å². The zero-order chi connectivity index (χ0) is 27.9. The molecule has 0 radical (unpaired) electrons. The van der Waals surface area contributed by atoms with Crippen molar-refractivity contribution in [3.63, 3.8) is 0 Å². The zero-order valence-corrected chi connectivity index (χ0v) is 23.7. The van der Waals surface area contributed by atoms with Crippen molar-refractivity contribution in [3.05, 3.63) is 78.1 Å². The summed E-state index contributed by atoms with van der Waals surface area (Å²) < 4.78 is 1.89. The Morgan fingerprint density at radius 3 is 2.56 bits per heavy atom. The lowest BCUT2D eigenvalue weighted by atomic mass is 9.71. The van der Waals surface area contributed by atoms with Gasteiger partial charge in [0.15, 0.2) is 0 Å². The van der Waals surface area contributed by atoms with Gasteiger partial charge in [0, 0.05) is 23.2 Å². The second-order valence-corrected chi connectivity index (χ2v) is 12.2. The number of aromatic nitrogens is 3. The first-order valence-electron chi connectivity index (χ1n) is 15.0. The number of fused-ring (bicyclic) bond motifs is 1. The van der Waals surface area contributed by atoms with Crippen molar-refractivity contribution in [3.8, 4) is 5.69 Å². The summed E-state index contributed by atoms with van der Waals surface area (Å²) in [5, 5.41) is 12.7. The van der Waals surface area contributed by atoms with Gasteiger partial charge in [-0.05, 0) is 118 Å². The van der Waals surface area contributed by atoms with Crippen LogP contribution in [0.15, 0.2) is 67.0 Å². The molecular weight excluding hydrogens is 510 g/mol. The number of carbonyl (C=O) groups is 1. The minimum absolute atomic E-state index is 0.0322. The molecule has 2 aromatic carbocycles. The molecular formula is C33H39N7O. The molecule has 3 aliphatic rings. The topological polar surface area (TPSA) is 101 Å². The Morgan fingerprint density at radius 2 is 1.78 bits per heavy atom. The molecule has 7 rings (SSSR count). The van der Waals surface area contributed by atoms with E-state index in [1.807, 2.05) is 59.5 Å². The van der Waals surface area contributed by atoms with Gasteiger partial charge in [-0.15, -0.1) is 0 Å². The minimum Gasteiger partial charge on any atom is -0.382 e. The molecule has 41 heavy (non-hydrogen) atoms. The second kappa shape index (κ2) is 10.9. The number of piperidine rings is 2. The normalized spacial score (nSPS) is 25.3. The molecule has 2 saturated heterocycles. The van der Waals surface area contributed by atoms with Crippen LogP contribution in [0.2, 0.25) is 0 Å². The Balaban J connectivity index is 1.11. The molecule has 0 spiro atoms. The third-order valence-electron chi connectivity index (χ3n) is 9.70. The summed E-state index contributed by atoms with van der Waals surface area (Å²) in [5.41, 5.74) is 11.5. The Bertz CT molecular complexity index is 1520. The number of amides is 1. The van der Waals surface area contributed by atoms with Crippen LogP contribution in [0.5, 0.6) is 0 Å². The van der Waals surface area contributed by atoms with Crippen LogP contribution in [0, 0.1) is 17.8 Å². The van der Waals surface area contributed by atoms with Crippen LogP contribution in [-0.2, 0) is 4.79 Å². The molecule has 3 fully saturated rings. The molecule has 8 heteroatoms. The predicted octanol–water partition coefficient (Wildman–Crippen LogP) is 4.78. The molecule has 0 bridgehead atoms. The summed E-state index contributed by atoms with van der Waals surface area (Å²) in [6, 6.07) is 18.1. The average molecular weight is 550 g/mol. The van der Waals surface area contributed by atoms with E-state index < -0.39 is 0 Å². The largest absolute Gasteiger partial charge is 0.382 e. The van der Waals surface area contributed by atoms with Crippen molar-refractivity contribution in [2.24, 2.45) is 17.8 Å². The predicted molar refractivity (Wildman–Crippen MR) is 163 cm³/mol. The Hall–Kier alpha value is -3.75. The monoisotopic (exact) mass is 549 g/mol. The van der Waals surface area contributed by atoms with Crippen molar-refractivity contribution in [1.82, 2.24) is 25.0 Å². The van der Waals surface area contributed by atoms with E-state index in [2.05, 4.69) is 39.7 Å². The lowest BCUT2D eigenvalue weighted by molar-refractivity contribution is -0.117. The summed E-state index contributed by atoms with van der Waals surface area (Å²) in [6.07, 6.45) is 8.46. The number of hydrogen-bond acceptors (Lipinski definition) is 6. The lowest BCUT2D eigenvalue weighted by Crippen LogP contribution is -2.43. The van der Waals surface area contributed by atoms with Crippen molar-refractivity contribution in [2.45, 2.75) is 37.5 Å². The Kier molecular flexibility index (Phi) is 6.96. The van der Waals surface area contributed by atoms with Crippen molar-refractivity contribution in [1.29, 1.82) is 0 Å². The molecule has 4 unspecified atom stereocenters. The number of nitrogen functional groups attached to an aromatic ring is 1. The molecule has 2 aliphatic heterocycles. The quantitative estimate of drug-likeness (QED) is 0.320. The molecule has 4 N–H and O–H groups in total. The van der Waals surface area contributed by atoms with E-state index in [4.69, 9.17) is 10.8 Å². The van der Waals surface area contributed by atoms with Gasteiger partial charge in [-0.3, -0.25) is 4.79 Å². The maximum atomic E-state index is 12.9. The van der Waals surface area contributed by atoms with Gasteiger partial charge in [0.2, 0.25) is 5.91 Å². The first-order valence-corrected chi connectivity index (χ1v) is 15.0. The van der Waals surface area contributed by atoms with Gasteiger partial charge >= 0.3 is 0 Å². The van der Waals surface area contributed by atoms with Crippen LogP contribution >= 0.6 is 0 Å². The lowest BCUT2D eigenvalue weighted by Gasteiger charge is -2.41. The first-order chi connectivity index (χ1) is 20.1. The average Bonchev–Trinajstić information content (AvgIpc) is 3.70. The van der Waals surface area contributed by atoms with E-state index in [-0.39, 0.29) is 11.8 Å². The van der Waals surface area contributed by atoms with Crippen LogP contribution in [0.1, 0.15) is 48.6 Å². The van der Waals surface area contributed by atoms with Gasteiger partial charge in [-0.2, -0.15) is 5.10 Å². The molecule has 2 aromatic heterocycles. The number of nitrogens with zero attached hydrogens (tertiary/aromatic N) is 4. The first kappa shape index (κ1) is 26.2. The number of likely N-dealkylation sites (tertiary alicyclic amines) is 1. The number of anilines is 2. The molecule has 1 aliphatic carbocycles. The van der Waals surface area contributed by atoms with Crippen LogP contribution in [0.4, 0.5) is 11.5 Å². The number of hydrogen-bond donors (Lipinski definition) is 3. The van der Waals surface area contributed by atoms with E-state index in [1.54, 1.807) is 0 Å². The number of benzene rings is 2. The minimum atomic E-state index is 0.0322. The standard InChI is InChI=1S/C33H39N7O/c1-39-15-12-22(13-16-39)28-18-35-14-11-25(28)29-19-36-32(34)31-30(29)20-37-40(31)24-9-7-23(8-10-24)38-33(41)27-17-26(27)21-5-3-2-4-6-21/h2-10,19-20,22,25-28,35H,11-18H2,1H3,(H2,34,36)(H,38,41). The van der Waals surface area contributed by atoms with Gasteiger partial charge in [-0.25, -0.2) is 9.67 Å². The van der Waals surface area contributed by atoms with E-state index in [0.29, 0.717) is 29.5 Å². The number of carbonyl (C=O) groups excluding carboxylic acids is 1. The maximum absolute atomic E-state index is 12.9. The van der Waals surface area contributed by atoms with Gasteiger partial charge in [0.25, 0.3) is 0 Å². The molecule has 4 atom stereocenters. The Labute approximate surface area is 241 Å². The zero-order valence-electron chi connectivity index (χ0n) is 23.7. The van der Waals surface area contributed by atoms with E-state index in [1.165, 1.54) is 37.1 Å². The van der Waals surface area contributed by atoms with E-state index >= 15 is 0 Å². The van der Waals surface area contributed by atoms with E-state index in [9.17, 15) is 4.79 Å². The van der Waals surface area contributed by atoms with E-state index in [0.717, 1.165) is 48.2 Å². The van der Waals surface area contributed by atoms with Crippen molar-refractivity contribution < 1.29 is 4.79 Å². The van der Waals surface area contributed by atoms with Crippen LogP contribution in [0.25, 0.3) is 16.6 Å². The van der Waals surface area contributed by atoms with Gasteiger partial charge in [0.05, 0.1) is 11.9 Å². The highest BCUT2D eigenvalue weighted by atomic mass is 16.2. The molecule has 1 saturated carbocycles. The number of rotatable bonds is 6. The maximum Gasteiger partial charge on any atom is 0.228 e. The summed E-state index contributed by atoms with van der Waals surface area (Å²) in [7, 11) is 2.23. The van der Waals surface area contributed by atoms with Crippen molar-refractivity contribution >= 4 is 28.3 Å². The summed E-state index contributed by atoms with van der Waals surface area (Å²) >= 11 is 0. The van der Waals surface area contributed by atoms with Crippen LogP contribution < -0.4 is 16.4 Å². The fraction of sp³-hybridized carbons (Fsp3) is 0.424. The fourth-order valence-electron chi connectivity index (χ4n) is 7.26. The summed E-state index contributed by atoms with van der Waals surface area (Å²) in [4.78, 5) is 20.0. The SMILES string of the molecule is CN1CCC(C2CNCCC2c2cnc(N)c3c2cnn3-c2ccc(NC(=O)C3CC3c3ccccc3)cc2)CC1. The molecule has 212 valence electrons. The van der Waals surface area contributed by atoms with Gasteiger partial charge in [0.1, 0.15) is 11.3 Å². The van der Waals surface area contributed by atoms with Gasteiger partial charge < -0.3 is 21.3 Å². The molecule has 4 aromatic rings. The molecule has 8 nitrogen and oxygen atoms in total. The highest BCUT2D eigenvalue weighted by Gasteiger charge is 2.43. The second-order valence-electron chi connectivity index (χ2n) is 12.2.